The summed E-state index contributed by atoms with van der Waals surface area (Å²) in [6.07, 6.45) is 3.85. The highest BCUT2D eigenvalue weighted by molar-refractivity contribution is 6.07. The number of benzene rings is 1. The van der Waals surface area contributed by atoms with E-state index in [1.165, 1.54) is 4.90 Å². The Hall–Kier alpha value is -2.28. The molecule has 1 saturated heterocycles. The largest absolute Gasteiger partial charge is 0.486 e. The summed E-state index contributed by atoms with van der Waals surface area (Å²) in [5.41, 5.74) is 0.400. The number of nitrogens with zero attached hydrogens (tertiary/aromatic N) is 1. The second-order valence-corrected chi connectivity index (χ2v) is 8.05. The van der Waals surface area contributed by atoms with Gasteiger partial charge in [0.1, 0.15) is 25.3 Å². The topological polar surface area (TPSA) is 72.3 Å². The molecule has 2 heterocycles. The number of carbonyl (C=O) groups is 2. The molecule has 2 fully saturated rings. The Morgan fingerprint density at radius 1 is 1.22 bits per heavy atom. The SMILES string of the molecule is C[C@H]1CCCC[C@@]12NC(=O)N(C[NH+](C)Cc1ccc3c(c1)OCCO3)C2=O. The van der Waals surface area contributed by atoms with Gasteiger partial charge in [-0.25, -0.2) is 9.69 Å². The van der Waals surface area contributed by atoms with Gasteiger partial charge in [0.05, 0.1) is 7.05 Å². The van der Waals surface area contributed by atoms with Crippen molar-refractivity contribution in [2.45, 2.75) is 44.7 Å². The molecular weight excluding hydrogens is 346 g/mol. The second-order valence-electron chi connectivity index (χ2n) is 8.05. The molecule has 146 valence electrons. The first-order valence-corrected chi connectivity index (χ1v) is 9.83. The molecule has 7 nitrogen and oxygen atoms in total. The summed E-state index contributed by atoms with van der Waals surface area (Å²) in [4.78, 5) is 28.1. The maximum atomic E-state index is 13.1. The molecule has 0 aromatic heterocycles. The van der Waals surface area contributed by atoms with Crippen LogP contribution in [0.15, 0.2) is 18.2 Å². The number of urea groups is 1. The first-order chi connectivity index (χ1) is 13.0. The van der Waals surface area contributed by atoms with Crippen molar-refractivity contribution in [3.05, 3.63) is 23.8 Å². The zero-order valence-electron chi connectivity index (χ0n) is 16.0. The number of hydrogen-bond donors (Lipinski definition) is 2. The maximum Gasteiger partial charge on any atom is 0.329 e. The van der Waals surface area contributed by atoms with Crippen molar-refractivity contribution in [1.82, 2.24) is 10.2 Å². The molecule has 1 saturated carbocycles. The number of imide groups is 1. The molecule has 4 rings (SSSR count). The van der Waals surface area contributed by atoms with Crippen molar-refractivity contribution in [2.75, 3.05) is 26.9 Å². The lowest BCUT2D eigenvalue weighted by molar-refractivity contribution is -0.901. The minimum Gasteiger partial charge on any atom is -0.486 e. The van der Waals surface area contributed by atoms with Crippen LogP contribution in [0.1, 0.15) is 38.2 Å². The van der Waals surface area contributed by atoms with Crippen LogP contribution in [-0.4, -0.2) is 49.3 Å². The van der Waals surface area contributed by atoms with Crippen molar-refractivity contribution >= 4 is 11.9 Å². The minimum absolute atomic E-state index is 0.0544. The third-order valence-corrected chi connectivity index (χ3v) is 6.04. The predicted molar refractivity (Wildman–Crippen MR) is 98.6 cm³/mol. The van der Waals surface area contributed by atoms with Crippen molar-refractivity contribution in [2.24, 2.45) is 5.92 Å². The lowest BCUT2D eigenvalue weighted by Gasteiger charge is -2.36. The zero-order valence-corrected chi connectivity index (χ0v) is 16.0. The molecule has 27 heavy (non-hydrogen) atoms. The van der Waals surface area contributed by atoms with Gasteiger partial charge in [-0.3, -0.25) is 4.79 Å². The summed E-state index contributed by atoms with van der Waals surface area (Å²) in [7, 11) is 1.99. The number of quaternary nitrogens is 1. The molecule has 1 spiro atoms. The summed E-state index contributed by atoms with van der Waals surface area (Å²) >= 11 is 0. The Balaban J connectivity index is 1.43. The second kappa shape index (κ2) is 7.03. The third-order valence-electron chi connectivity index (χ3n) is 6.04. The van der Waals surface area contributed by atoms with Crippen LogP contribution in [0.3, 0.4) is 0 Å². The van der Waals surface area contributed by atoms with Gasteiger partial charge in [0, 0.05) is 5.56 Å². The van der Waals surface area contributed by atoms with Crippen LogP contribution in [0.25, 0.3) is 0 Å². The van der Waals surface area contributed by atoms with Crippen LogP contribution in [-0.2, 0) is 11.3 Å². The summed E-state index contributed by atoms with van der Waals surface area (Å²) in [6.45, 7) is 4.25. The molecule has 1 aromatic rings. The van der Waals surface area contributed by atoms with E-state index in [2.05, 4.69) is 12.2 Å². The number of nitrogens with one attached hydrogen (secondary N) is 2. The average molecular weight is 374 g/mol. The summed E-state index contributed by atoms with van der Waals surface area (Å²) in [5, 5.41) is 3.02. The van der Waals surface area contributed by atoms with Crippen LogP contribution >= 0.6 is 0 Å². The van der Waals surface area contributed by atoms with Gasteiger partial charge in [0.2, 0.25) is 0 Å². The lowest BCUT2D eigenvalue weighted by atomic mass is 9.73. The number of amides is 3. The lowest BCUT2D eigenvalue weighted by Crippen LogP contribution is -3.09. The molecule has 7 heteroatoms. The van der Waals surface area contributed by atoms with Crippen LogP contribution in [0, 0.1) is 5.92 Å². The molecule has 1 unspecified atom stereocenters. The van der Waals surface area contributed by atoms with Gasteiger partial charge < -0.3 is 19.7 Å². The van der Waals surface area contributed by atoms with Gasteiger partial charge in [-0.1, -0.05) is 19.8 Å². The quantitative estimate of drug-likeness (QED) is 0.769. The van der Waals surface area contributed by atoms with Crippen LogP contribution in [0.2, 0.25) is 0 Å². The van der Waals surface area contributed by atoms with E-state index in [-0.39, 0.29) is 17.9 Å². The fourth-order valence-corrected chi connectivity index (χ4v) is 4.51. The van der Waals surface area contributed by atoms with Crippen LogP contribution in [0.5, 0.6) is 11.5 Å². The Morgan fingerprint density at radius 2 is 2.00 bits per heavy atom. The molecule has 2 aliphatic heterocycles. The van der Waals surface area contributed by atoms with E-state index in [4.69, 9.17) is 9.47 Å². The Morgan fingerprint density at radius 3 is 2.78 bits per heavy atom. The zero-order chi connectivity index (χ0) is 19.0. The third kappa shape index (κ3) is 3.25. The van der Waals surface area contributed by atoms with Crippen molar-refractivity contribution in [3.8, 4) is 11.5 Å². The van der Waals surface area contributed by atoms with Gasteiger partial charge in [-0.2, -0.15) is 0 Å². The standard InChI is InChI=1S/C20H27N3O4/c1-14-5-3-4-8-20(14)18(24)23(19(25)21-20)13-22(2)12-15-6-7-16-17(11-15)27-10-9-26-16/h6-7,11,14H,3-5,8-10,12-13H2,1-2H3,(H,21,25)/p+1/t14-,20+/m0/s1. The monoisotopic (exact) mass is 374 g/mol. The van der Waals surface area contributed by atoms with Gasteiger partial charge in [-0.15, -0.1) is 0 Å². The van der Waals surface area contributed by atoms with Gasteiger partial charge in [0.25, 0.3) is 5.91 Å². The molecule has 1 aromatic carbocycles. The van der Waals surface area contributed by atoms with E-state index in [0.29, 0.717) is 26.4 Å². The fraction of sp³-hybridized carbons (Fsp3) is 0.600. The minimum atomic E-state index is -0.688. The normalized spacial score (nSPS) is 28.4. The molecule has 0 radical (unpaired) electrons. The molecular formula is C20H28N3O4+. The molecule has 0 bridgehead atoms. The number of ether oxygens (including phenoxy) is 2. The Bertz CT molecular complexity index is 753. The van der Waals surface area contributed by atoms with Gasteiger partial charge in [-0.05, 0) is 37.0 Å². The number of rotatable bonds is 4. The van der Waals surface area contributed by atoms with Gasteiger partial charge in [0.15, 0.2) is 18.2 Å². The smallest absolute Gasteiger partial charge is 0.329 e. The molecule has 3 amide bonds. The van der Waals surface area contributed by atoms with Gasteiger partial charge >= 0.3 is 6.03 Å². The van der Waals surface area contributed by atoms with E-state index in [1.807, 2.05) is 25.2 Å². The van der Waals surface area contributed by atoms with E-state index >= 15 is 0 Å². The summed E-state index contributed by atoms with van der Waals surface area (Å²) in [5.74, 6) is 1.66. The molecule has 3 aliphatic rings. The molecule has 1 aliphatic carbocycles. The molecule has 3 atom stereocenters. The van der Waals surface area contributed by atoms with E-state index in [1.54, 1.807) is 0 Å². The maximum absolute atomic E-state index is 13.1. The first-order valence-electron chi connectivity index (χ1n) is 9.83. The molecule has 2 N–H and O–H groups in total. The number of hydrogen-bond acceptors (Lipinski definition) is 4. The highest BCUT2D eigenvalue weighted by Gasteiger charge is 2.55. The van der Waals surface area contributed by atoms with Crippen molar-refractivity contribution in [1.29, 1.82) is 0 Å². The highest BCUT2D eigenvalue weighted by Crippen LogP contribution is 2.37. The van der Waals surface area contributed by atoms with Crippen LogP contribution in [0.4, 0.5) is 4.79 Å². The van der Waals surface area contributed by atoms with E-state index < -0.39 is 5.54 Å². The predicted octanol–water partition coefficient (Wildman–Crippen LogP) is 0.931. The van der Waals surface area contributed by atoms with E-state index in [9.17, 15) is 9.59 Å². The van der Waals surface area contributed by atoms with Crippen LogP contribution < -0.4 is 19.7 Å². The van der Waals surface area contributed by atoms with E-state index in [0.717, 1.165) is 47.6 Å². The number of carbonyl (C=O) groups excluding carboxylic acids is 2. The highest BCUT2D eigenvalue weighted by atomic mass is 16.6. The van der Waals surface area contributed by atoms with Crippen molar-refractivity contribution < 1.29 is 24.0 Å². The van der Waals surface area contributed by atoms with Crippen molar-refractivity contribution in [3.63, 3.8) is 0 Å². The average Bonchev–Trinajstić information content (AvgIpc) is 2.89. The number of fused-ring (bicyclic) bond motifs is 1. The first kappa shape index (κ1) is 18.1. The summed E-state index contributed by atoms with van der Waals surface area (Å²) in [6, 6.07) is 5.65. The Labute approximate surface area is 159 Å². The Kier molecular flexibility index (Phi) is 4.72. The summed E-state index contributed by atoms with van der Waals surface area (Å²) < 4.78 is 11.2. The fourth-order valence-electron chi connectivity index (χ4n) is 4.51.